The Morgan fingerprint density at radius 1 is 1.07 bits per heavy atom. The third kappa shape index (κ3) is 5.77. The lowest BCUT2D eigenvalue weighted by molar-refractivity contribution is -0.132. The molecule has 1 aliphatic rings. The molecule has 2 atom stereocenters. The fraction of sp³-hybridized carbons (Fsp3) is 0.538. The van der Waals surface area contributed by atoms with Gasteiger partial charge in [0.15, 0.2) is 5.78 Å². The van der Waals surface area contributed by atoms with Gasteiger partial charge in [0, 0.05) is 17.4 Å². The van der Waals surface area contributed by atoms with Crippen LogP contribution in [0.2, 0.25) is 0 Å². The van der Waals surface area contributed by atoms with E-state index in [9.17, 15) is 9.59 Å². The zero-order chi connectivity index (χ0) is 21.5. The largest absolute Gasteiger partial charge is 0.299 e. The quantitative estimate of drug-likeness (QED) is 0.236. The Morgan fingerprint density at radius 3 is 2.00 bits per heavy atom. The van der Waals surface area contributed by atoms with Gasteiger partial charge in [0.2, 0.25) is 0 Å². The van der Waals surface area contributed by atoms with Gasteiger partial charge in [-0.2, -0.15) is 0 Å². The van der Waals surface area contributed by atoms with Crippen LogP contribution in [0.5, 0.6) is 0 Å². The summed E-state index contributed by atoms with van der Waals surface area (Å²) in [6, 6.07) is 0. The molecule has 0 bridgehead atoms. The van der Waals surface area contributed by atoms with E-state index in [0.717, 1.165) is 31.3 Å². The van der Waals surface area contributed by atoms with Gasteiger partial charge in [-0.1, -0.05) is 70.1 Å². The standard InChI is InChI=1S/C26H38O2/c1-9-18(5)23(17-16-20(10-2)26(6,7)8)25(28)22(12-4)21(11-3)24(27)19-14-13-15-19/h10-12,16-17,19,21-22H,3-4,9,13-15H2,1-2,5-8H3/b17-16-,20-10+,23-18-. The molecule has 1 aliphatic carbocycles. The Kier molecular flexibility index (Phi) is 9.07. The summed E-state index contributed by atoms with van der Waals surface area (Å²) >= 11 is 0. The lowest BCUT2D eigenvalue weighted by Gasteiger charge is -2.30. The summed E-state index contributed by atoms with van der Waals surface area (Å²) in [5.74, 6) is -0.875. The van der Waals surface area contributed by atoms with Crippen LogP contribution in [0, 0.1) is 23.2 Å². The molecule has 0 aromatic rings. The second-order valence-corrected chi connectivity index (χ2v) is 8.79. The molecule has 0 aliphatic heterocycles. The van der Waals surface area contributed by atoms with Crippen molar-refractivity contribution in [1.82, 2.24) is 0 Å². The van der Waals surface area contributed by atoms with E-state index in [2.05, 4.69) is 40.0 Å². The van der Waals surface area contributed by atoms with Gasteiger partial charge in [0.05, 0.1) is 5.92 Å². The molecule has 0 radical (unpaired) electrons. The van der Waals surface area contributed by atoms with E-state index >= 15 is 0 Å². The van der Waals surface area contributed by atoms with E-state index < -0.39 is 11.8 Å². The topological polar surface area (TPSA) is 34.1 Å². The van der Waals surface area contributed by atoms with Crippen LogP contribution < -0.4 is 0 Å². The van der Waals surface area contributed by atoms with Crippen molar-refractivity contribution < 1.29 is 9.59 Å². The Labute approximate surface area is 172 Å². The van der Waals surface area contributed by atoms with Crippen LogP contribution in [-0.2, 0) is 9.59 Å². The average molecular weight is 383 g/mol. The van der Waals surface area contributed by atoms with Crippen molar-refractivity contribution in [3.05, 3.63) is 60.3 Å². The first-order chi connectivity index (χ1) is 13.1. The van der Waals surface area contributed by atoms with Crippen molar-refractivity contribution in [2.75, 3.05) is 0 Å². The number of Topliss-reactive ketones (excluding diaryl/α,β-unsaturated/α-hetero) is 2. The normalized spacial score (nSPS) is 18.9. The maximum atomic E-state index is 13.5. The fourth-order valence-electron chi connectivity index (χ4n) is 3.58. The molecule has 1 fully saturated rings. The Hall–Kier alpha value is -1.96. The summed E-state index contributed by atoms with van der Waals surface area (Å²) in [4.78, 5) is 26.3. The molecule has 0 heterocycles. The molecule has 2 heteroatoms. The molecule has 0 saturated heterocycles. The number of allylic oxidation sites excluding steroid dienone is 8. The highest BCUT2D eigenvalue weighted by atomic mass is 16.1. The number of rotatable bonds is 10. The van der Waals surface area contributed by atoms with E-state index in [-0.39, 0.29) is 22.9 Å². The van der Waals surface area contributed by atoms with E-state index in [1.807, 2.05) is 32.9 Å². The molecule has 154 valence electrons. The lowest BCUT2D eigenvalue weighted by atomic mass is 9.72. The smallest absolute Gasteiger partial charge is 0.170 e. The maximum absolute atomic E-state index is 13.5. The zero-order valence-corrected chi connectivity index (χ0v) is 18.7. The number of ketones is 2. The van der Waals surface area contributed by atoms with Crippen molar-refractivity contribution in [2.24, 2.45) is 23.2 Å². The summed E-state index contributed by atoms with van der Waals surface area (Å²) in [6.07, 6.45) is 13.0. The number of carbonyl (C=O) groups excluding carboxylic acids is 2. The molecular formula is C26H38O2. The van der Waals surface area contributed by atoms with Gasteiger partial charge < -0.3 is 0 Å². The van der Waals surface area contributed by atoms with Crippen molar-refractivity contribution in [1.29, 1.82) is 0 Å². The second-order valence-electron chi connectivity index (χ2n) is 8.79. The first-order valence-electron chi connectivity index (χ1n) is 10.5. The molecule has 1 saturated carbocycles. The third-order valence-electron chi connectivity index (χ3n) is 5.90. The van der Waals surface area contributed by atoms with Gasteiger partial charge in [-0.25, -0.2) is 0 Å². The highest BCUT2D eigenvalue weighted by Crippen LogP contribution is 2.34. The SMILES string of the molecule is C=CC(C(=O)C(/C=C\C(=C/C)C(C)(C)C)=C(/C)CC)C(C=C)C(=O)C1CCC1. The highest BCUT2D eigenvalue weighted by Gasteiger charge is 2.36. The molecule has 0 aromatic heterocycles. The molecule has 0 N–H and O–H groups in total. The minimum atomic E-state index is -0.560. The van der Waals surface area contributed by atoms with Gasteiger partial charge in [-0.3, -0.25) is 9.59 Å². The molecule has 2 nitrogen and oxygen atoms in total. The molecule has 0 spiro atoms. The summed E-state index contributed by atoms with van der Waals surface area (Å²) < 4.78 is 0. The van der Waals surface area contributed by atoms with Crippen LogP contribution in [-0.4, -0.2) is 11.6 Å². The Morgan fingerprint density at radius 2 is 1.64 bits per heavy atom. The average Bonchev–Trinajstić information content (AvgIpc) is 2.59. The predicted octanol–water partition coefficient (Wildman–Crippen LogP) is 6.80. The summed E-state index contributed by atoms with van der Waals surface area (Å²) in [5.41, 5.74) is 2.88. The monoisotopic (exact) mass is 382 g/mol. The zero-order valence-electron chi connectivity index (χ0n) is 18.7. The molecule has 2 unspecified atom stereocenters. The van der Waals surface area contributed by atoms with Crippen LogP contribution in [0.1, 0.15) is 67.2 Å². The van der Waals surface area contributed by atoms with Crippen molar-refractivity contribution in [3.8, 4) is 0 Å². The van der Waals surface area contributed by atoms with Gasteiger partial charge in [-0.15, -0.1) is 13.2 Å². The van der Waals surface area contributed by atoms with Gasteiger partial charge in [0.1, 0.15) is 5.78 Å². The number of hydrogen-bond acceptors (Lipinski definition) is 2. The summed E-state index contributed by atoms with van der Waals surface area (Å²) in [7, 11) is 0. The molecule has 0 amide bonds. The molecule has 0 aromatic carbocycles. The fourth-order valence-corrected chi connectivity index (χ4v) is 3.58. The summed E-state index contributed by atoms with van der Waals surface area (Å²) in [6.45, 7) is 20.2. The van der Waals surface area contributed by atoms with Crippen LogP contribution in [0.25, 0.3) is 0 Å². The van der Waals surface area contributed by atoms with Crippen LogP contribution in [0.4, 0.5) is 0 Å². The number of carbonyl (C=O) groups is 2. The van der Waals surface area contributed by atoms with Crippen molar-refractivity contribution >= 4 is 11.6 Å². The first kappa shape index (κ1) is 24.1. The van der Waals surface area contributed by atoms with Crippen molar-refractivity contribution in [3.63, 3.8) is 0 Å². The van der Waals surface area contributed by atoms with Crippen LogP contribution in [0.3, 0.4) is 0 Å². The van der Waals surface area contributed by atoms with Gasteiger partial charge >= 0.3 is 0 Å². The van der Waals surface area contributed by atoms with Gasteiger partial charge in [-0.05, 0) is 44.1 Å². The minimum Gasteiger partial charge on any atom is -0.299 e. The van der Waals surface area contributed by atoms with Crippen LogP contribution >= 0.6 is 0 Å². The summed E-state index contributed by atoms with van der Waals surface area (Å²) in [5, 5.41) is 0. The van der Waals surface area contributed by atoms with Gasteiger partial charge in [0.25, 0.3) is 0 Å². The van der Waals surface area contributed by atoms with Crippen molar-refractivity contribution in [2.45, 2.75) is 67.2 Å². The van der Waals surface area contributed by atoms with E-state index in [1.165, 1.54) is 5.57 Å². The predicted molar refractivity (Wildman–Crippen MR) is 120 cm³/mol. The molecular weight excluding hydrogens is 344 g/mol. The second kappa shape index (κ2) is 10.5. The van der Waals surface area contributed by atoms with E-state index in [4.69, 9.17) is 0 Å². The Balaban J connectivity index is 3.25. The lowest BCUT2D eigenvalue weighted by Crippen LogP contribution is -2.35. The molecule has 28 heavy (non-hydrogen) atoms. The number of hydrogen-bond donors (Lipinski definition) is 0. The molecule has 1 rings (SSSR count). The Bertz CT molecular complexity index is 690. The first-order valence-corrected chi connectivity index (χ1v) is 10.5. The van der Waals surface area contributed by atoms with Crippen LogP contribution in [0.15, 0.2) is 60.3 Å². The highest BCUT2D eigenvalue weighted by molar-refractivity contribution is 6.04. The maximum Gasteiger partial charge on any atom is 0.170 e. The third-order valence-corrected chi connectivity index (χ3v) is 5.90. The van der Waals surface area contributed by atoms with E-state index in [0.29, 0.717) is 5.57 Å². The minimum absolute atomic E-state index is 0.00120. The van der Waals surface area contributed by atoms with E-state index in [1.54, 1.807) is 12.2 Å².